The molecule has 1 amide bonds. The SMILES string of the molecule is CC(OC(=O)Nc1sc2ccccc2c1-c1ccc(-c2ccc(C3(C(=O)O)CC3)cc2)cc1)c1ccccc1. The third-order valence-corrected chi connectivity index (χ3v) is 8.55. The second-order valence-electron chi connectivity index (χ2n) is 9.93. The zero-order valence-corrected chi connectivity index (χ0v) is 22.2. The number of carbonyl (C=O) groups excluding carboxylic acids is 1. The fourth-order valence-corrected chi connectivity index (χ4v) is 6.17. The third-order valence-electron chi connectivity index (χ3n) is 7.47. The zero-order chi connectivity index (χ0) is 27.0. The number of carboxylic acids is 1. The molecule has 1 aliphatic carbocycles. The van der Waals surface area contributed by atoms with Crippen molar-refractivity contribution in [2.45, 2.75) is 31.3 Å². The Morgan fingerprint density at radius 1 is 0.821 bits per heavy atom. The van der Waals surface area contributed by atoms with Gasteiger partial charge in [0.2, 0.25) is 0 Å². The van der Waals surface area contributed by atoms with Crippen LogP contribution in [0.5, 0.6) is 0 Å². The largest absolute Gasteiger partial charge is 0.481 e. The number of ether oxygens (including phenoxy) is 1. The first-order valence-corrected chi connectivity index (χ1v) is 13.8. The molecule has 0 saturated heterocycles. The van der Waals surface area contributed by atoms with Crippen LogP contribution < -0.4 is 5.32 Å². The van der Waals surface area contributed by atoms with Gasteiger partial charge in [-0.25, -0.2) is 4.79 Å². The normalized spacial score (nSPS) is 14.5. The van der Waals surface area contributed by atoms with Crippen molar-refractivity contribution in [3.63, 3.8) is 0 Å². The maximum absolute atomic E-state index is 12.9. The van der Waals surface area contributed by atoms with Crippen molar-refractivity contribution in [3.05, 3.63) is 114 Å². The lowest BCUT2D eigenvalue weighted by atomic mass is 9.93. The van der Waals surface area contributed by atoms with E-state index in [4.69, 9.17) is 4.74 Å². The van der Waals surface area contributed by atoms with Gasteiger partial charge in [0, 0.05) is 15.6 Å². The number of hydrogen-bond acceptors (Lipinski definition) is 4. The standard InChI is InChI=1S/C33H27NO4S/c1-21(22-7-3-2-4-8-22)38-32(37)34-30-29(27-9-5-6-10-28(27)39-30)25-13-11-23(12-14-25)24-15-17-26(18-16-24)33(19-20-33)31(35)36/h2-18,21H,19-20H2,1H3,(H,34,37)(H,35,36). The Morgan fingerprint density at radius 2 is 1.41 bits per heavy atom. The Morgan fingerprint density at radius 3 is 2.05 bits per heavy atom. The number of rotatable bonds is 7. The van der Waals surface area contributed by atoms with Crippen molar-refractivity contribution < 1.29 is 19.4 Å². The van der Waals surface area contributed by atoms with Crippen molar-refractivity contribution in [1.82, 2.24) is 0 Å². The molecule has 1 aromatic heterocycles. The first-order valence-electron chi connectivity index (χ1n) is 12.9. The van der Waals surface area contributed by atoms with Crippen LogP contribution in [0.25, 0.3) is 32.3 Å². The number of aliphatic carboxylic acids is 1. The van der Waals surface area contributed by atoms with E-state index in [2.05, 4.69) is 35.6 Å². The minimum absolute atomic E-state index is 0.375. The van der Waals surface area contributed by atoms with Crippen molar-refractivity contribution in [3.8, 4) is 22.3 Å². The summed E-state index contributed by atoms with van der Waals surface area (Å²) in [7, 11) is 0. The molecule has 0 radical (unpaired) electrons. The number of benzene rings is 4. The van der Waals surface area contributed by atoms with E-state index in [1.807, 2.05) is 79.7 Å². The van der Waals surface area contributed by atoms with Gasteiger partial charge in [0.25, 0.3) is 0 Å². The Bertz CT molecular complexity index is 1650. The van der Waals surface area contributed by atoms with Crippen molar-refractivity contribution in [1.29, 1.82) is 0 Å². The predicted molar refractivity (Wildman–Crippen MR) is 156 cm³/mol. The van der Waals surface area contributed by atoms with Crippen LogP contribution >= 0.6 is 11.3 Å². The summed E-state index contributed by atoms with van der Waals surface area (Å²) in [4.78, 5) is 24.5. The van der Waals surface area contributed by atoms with Crippen LogP contribution in [-0.4, -0.2) is 17.2 Å². The fraction of sp³-hybridized carbons (Fsp3) is 0.152. The lowest BCUT2D eigenvalue weighted by Crippen LogP contribution is -2.19. The molecule has 1 saturated carbocycles. The van der Waals surface area contributed by atoms with E-state index >= 15 is 0 Å². The second kappa shape index (κ2) is 10.0. The lowest BCUT2D eigenvalue weighted by Gasteiger charge is -2.14. The highest BCUT2D eigenvalue weighted by molar-refractivity contribution is 7.23. The van der Waals surface area contributed by atoms with Gasteiger partial charge in [0.05, 0.1) is 5.41 Å². The molecule has 4 aromatic carbocycles. The van der Waals surface area contributed by atoms with Crippen LogP contribution in [0.2, 0.25) is 0 Å². The molecule has 194 valence electrons. The predicted octanol–water partition coefficient (Wildman–Crippen LogP) is 8.66. The molecule has 1 aliphatic rings. The Kier molecular flexibility index (Phi) is 6.41. The van der Waals surface area contributed by atoms with Gasteiger partial charge < -0.3 is 9.84 Å². The summed E-state index contributed by atoms with van der Waals surface area (Å²) in [5, 5.41) is 14.4. The minimum atomic E-state index is -0.745. The maximum Gasteiger partial charge on any atom is 0.412 e. The number of anilines is 1. The van der Waals surface area contributed by atoms with Gasteiger partial charge in [0.1, 0.15) is 11.1 Å². The van der Waals surface area contributed by atoms with E-state index < -0.39 is 17.5 Å². The van der Waals surface area contributed by atoms with E-state index in [-0.39, 0.29) is 6.10 Å². The van der Waals surface area contributed by atoms with Crippen LogP contribution in [-0.2, 0) is 14.9 Å². The van der Waals surface area contributed by atoms with Crippen LogP contribution in [0, 0.1) is 0 Å². The monoisotopic (exact) mass is 533 g/mol. The zero-order valence-electron chi connectivity index (χ0n) is 21.4. The molecule has 1 heterocycles. The van der Waals surface area contributed by atoms with E-state index in [1.165, 1.54) is 11.3 Å². The molecule has 6 heteroatoms. The summed E-state index contributed by atoms with van der Waals surface area (Å²) in [5.41, 5.74) is 5.11. The van der Waals surface area contributed by atoms with Crippen LogP contribution in [0.1, 0.15) is 37.0 Å². The fourth-order valence-electron chi connectivity index (χ4n) is 5.06. The van der Waals surface area contributed by atoms with Gasteiger partial charge >= 0.3 is 12.1 Å². The molecule has 5 aromatic rings. The van der Waals surface area contributed by atoms with Gasteiger partial charge in [-0.05, 0) is 53.6 Å². The highest BCUT2D eigenvalue weighted by atomic mass is 32.1. The molecule has 5 nitrogen and oxygen atoms in total. The highest BCUT2D eigenvalue weighted by Gasteiger charge is 2.51. The summed E-state index contributed by atoms with van der Waals surface area (Å²) in [6, 6.07) is 33.8. The minimum Gasteiger partial charge on any atom is -0.481 e. The molecule has 0 spiro atoms. The van der Waals surface area contributed by atoms with Crippen molar-refractivity contribution >= 4 is 38.5 Å². The second-order valence-corrected chi connectivity index (χ2v) is 11.0. The number of carbonyl (C=O) groups is 2. The summed E-state index contributed by atoms with van der Waals surface area (Å²) < 4.78 is 6.75. The van der Waals surface area contributed by atoms with Crippen LogP contribution in [0.15, 0.2) is 103 Å². The highest BCUT2D eigenvalue weighted by Crippen LogP contribution is 2.49. The van der Waals surface area contributed by atoms with Crippen LogP contribution in [0.4, 0.5) is 9.80 Å². The first-order chi connectivity index (χ1) is 18.9. The van der Waals surface area contributed by atoms with E-state index in [0.717, 1.165) is 48.5 Å². The molecular weight excluding hydrogens is 506 g/mol. The smallest absolute Gasteiger partial charge is 0.412 e. The topological polar surface area (TPSA) is 75.6 Å². The van der Waals surface area contributed by atoms with Gasteiger partial charge in [0.15, 0.2) is 0 Å². The number of fused-ring (bicyclic) bond motifs is 1. The number of amides is 1. The number of carboxylic acid groups (broad SMARTS) is 1. The maximum atomic E-state index is 12.9. The Balaban J connectivity index is 1.26. The summed E-state index contributed by atoms with van der Waals surface area (Å²) in [6.45, 7) is 1.86. The number of hydrogen-bond donors (Lipinski definition) is 2. The van der Waals surface area contributed by atoms with E-state index in [1.54, 1.807) is 0 Å². The van der Waals surface area contributed by atoms with Crippen molar-refractivity contribution in [2.24, 2.45) is 0 Å². The molecule has 6 rings (SSSR count). The molecular formula is C33H27NO4S. The Labute approximate surface area is 230 Å². The van der Waals surface area contributed by atoms with Gasteiger partial charge in [-0.3, -0.25) is 10.1 Å². The molecule has 1 fully saturated rings. The van der Waals surface area contributed by atoms with E-state index in [9.17, 15) is 14.7 Å². The van der Waals surface area contributed by atoms with Gasteiger partial charge in [-0.1, -0.05) is 97.1 Å². The summed E-state index contributed by atoms with van der Waals surface area (Å²) in [6.07, 6.45) is 0.519. The van der Waals surface area contributed by atoms with Crippen molar-refractivity contribution in [2.75, 3.05) is 5.32 Å². The average molecular weight is 534 g/mol. The van der Waals surface area contributed by atoms with Crippen LogP contribution in [0.3, 0.4) is 0 Å². The molecule has 2 N–H and O–H groups in total. The number of nitrogens with one attached hydrogen (secondary N) is 1. The number of thiophene rings is 1. The van der Waals surface area contributed by atoms with Gasteiger partial charge in [-0.2, -0.15) is 0 Å². The Hall–Kier alpha value is -4.42. The lowest BCUT2D eigenvalue weighted by molar-refractivity contribution is -0.140. The molecule has 1 unspecified atom stereocenters. The molecule has 0 bridgehead atoms. The molecule has 39 heavy (non-hydrogen) atoms. The van der Waals surface area contributed by atoms with Gasteiger partial charge in [-0.15, -0.1) is 11.3 Å². The third kappa shape index (κ3) is 4.79. The summed E-state index contributed by atoms with van der Waals surface area (Å²) in [5.74, 6) is -0.745. The van der Waals surface area contributed by atoms with E-state index in [0.29, 0.717) is 12.8 Å². The first kappa shape index (κ1) is 24.9. The molecule has 0 aliphatic heterocycles. The quantitative estimate of drug-likeness (QED) is 0.219. The molecule has 1 atom stereocenters. The summed E-state index contributed by atoms with van der Waals surface area (Å²) >= 11 is 1.52. The average Bonchev–Trinajstić information content (AvgIpc) is 3.70.